The number of carbonyl (C=O) groups is 1. The highest BCUT2D eigenvalue weighted by Crippen LogP contribution is 2.19. The van der Waals surface area contributed by atoms with Gasteiger partial charge >= 0.3 is 0 Å². The minimum atomic E-state index is -0.0745. The number of hydrogen-bond donors (Lipinski definition) is 2. The average Bonchev–Trinajstić information content (AvgIpc) is 3.03. The Morgan fingerprint density at radius 2 is 2.13 bits per heavy atom. The van der Waals surface area contributed by atoms with Gasteiger partial charge in [-0.25, -0.2) is 4.98 Å². The number of nitrogens with one attached hydrogen (secondary N) is 2. The first-order chi connectivity index (χ1) is 11.1. The molecule has 1 aromatic carbocycles. The van der Waals surface area contributed by atoms with Crippen molar-refractivity contribution in [1.82, 2.24) is 15.3 Å². The zero-order chi connectivity index (χ0) is 16.2. The summed E-state index contributed by atoms with van der Waals surface area (Å²) in [6, 6.07) is 9.77. The summed E-state index contributed by atoms with van der Waals surface area (Å²) in [5.74, 6) is 0.160. The molecule has 1 amide bonds. The van der Waals surface area contributed by atoms with Crippen LogP contribution >= 0.6 is 11.8 Å². The normalized spacial score (nSPS) is 14.3. The van der Waals surface area contributed by atoms with Crippen molar-refractivity contribution in [2.24, 2.45) is 0 Å². The quantitative estimate of drug-likeness (QED) is 0.651. The van der Waals surface area contributed by atoms with Gasteiger partial charge in [0, 0.05) is 5.56 Å². The molecule has 1 unspecified atom stereocenters. The van der Waals surface area contributed by atoms with E-state index >= 15 is 0 Å². The molecule has 1 heterocycles. The minimum absolute atomic E-state index is 0.0451. The van der Waals surface area contributed by atoms with Crippen LogP contribution in [-0.4, -0.2) is 21.6 Å². The van der Waals surface area contributed by atoms with Gasteiger partial charge in [-0.05, 0) is 31.7 Å². The number of carbonyl (C=O) groups excluding carboxylic acids is 1. The summed E-state index contributed by atoms with van der Waals surface area (Å²) >= 11 is 1.27. The van der Waals surface area contributed by atoms with E-state index in [0.29, 0.717) is 5.16 Å². The highest BCUT2D eigenvalue weighted by Gasteiger charge is 2.18. The Morgan fingerprint density at radius 3 is 2.91 bits per heavy atom. The van der Waals surface area contributed by atoms with E-state index in [1.807, 2.05) is 37.3 Å². The first-order valence-electron chi connectivity index (χ1n) is 7.72. The summed E-state index contributed by atoms with van der Waals surface area (Å²) in [5, 5.41) is 3.48. The van der Waals surface area contributed by atoms with Crippen LogP contribution in [0.15, 0.2) is 40.3 Å². The van der Waals surface area contributed by atoms with Crippen molar-refractivity contribution in [3.8, 4) is 0 Å². The maximum Gasteiger partial charge on any atom is 0.254 e. The van der Waals surface area contributed by atoms with Gasteiger partial charge in [-0.3, -0.25) is 9.59 Å². The standard InChI is InChI=1S/C17H19N3O2S/c1-11(12-6-3-2-4-7-12)18-15(21)10-23-17-19-14-9-5-8-13(14)16(22)20-17/h2-4,6-7,11H,5,8-10H2,1H3,(H,18,21)(H,19,20,22). The van der Waals surface area contributed by atoms with Crippen molar-refractivity contribution in [1.29, 1.82) is 0 Å². The van der Waals surface area contributed by atoms with Crippen LogP contribution in [0.3, 0.4) is 0 Å². The largest absolute Gasteiger partial charge is 0.349 e. The molecule has 120 valence electrons. The van der Waals surface area contributed by atoms with E-state index in [2.05, 4.69) is 15.3 Å². The lowest BCUT2D eigenvalue weighted by atomic mass is 10.1. The highest BCUT2D eigenvalue weighted by atomic mass is 32.2. The van der Waals surface area contributed by atoms with E-state index in [4.69, 9.17) is 0 Å². The molecule has 0 spiro atoms. The maximum absolute atomic E-state index is 12.1. The maximum atomic E-state index is 12.1. The molecule has 5 nitrogen and oxygen atoms in total. The van der Waals surface area contributed by atoms with Crippen molar-refractivity contribution in [2.75, 3.05) is 5.75 Å². The Labute approximate surface area is 138 Å². The number of aromatic amines is 1. The second-order valence-electron chi connectivity index (χ2n) is 5.64. The monoisotopic (exact) mass is 329 g/mol. The van der Waals surface area contributed by atoms with Crippen LogP contribution in [0.5, 0.6) is 0 Å². The first kappa shape index (κ1) is 15.8. The molecular weight excluding hydrogens is 310 g/mol. The number of H-pyrrole nitrogens is 1. The molecule has 1 aliphatic rings. The molecule has 2 N–H and O–H groups in total. The SMILES string of the molecule is CC(NC(=O)CSc1nc2c(c(=O)[nH]1)CCC2)c1ccccc1. The topological polar surface area (TPSA) is 74.8 Å². The number of aryl methyl sites for hydroxylation is 1. The average molecular weight is 329 g/mol. The van der Waals surface area contributed by atoms with Crippen LogP contribution in [-0.2, 0) is 17.6 Å². The lowest BCUT2D eigenvalue weighted by Crippen LogP contribution is -2.28. The zero-order valence-corrected chi connectivity index (χ0v) is 13.8. The van der Waals surface area contributed by atoms with Gasteiger partial charge in [0.1, 0.15) is 0 Å². The van der Waals surface area contributed by atoms with Crippen LogP contribution in [0.4, 0.5) is 0 Å². The van der Waals surface area contributed by atoms with E-state index in [1.165, 1.54) is 11.8 Å². The van der Waals surface area contributed by atoms with E-state index in [1.54, 1.807) is 0 Å². The van der Waals surface area contributed by atoms with E-state index in [-0.39, 0.29) is 23.3 Å². The van der Waals surface area contributed by atoms with Crippen LogP contribution in [0, 0.1) is 0 Å². The van der Waals surface area contributed by atoms with Gasteiger partial charge in [-0.2, -0.15) is 0 Å². The number of aromatic nitrogens is 2. The van der Waals surface area contributed by atoms with Gasteiger partial charge in [0.2, 0.25) is 5.91 Å². The van der Waals surface area contributed by atoms with Gasteiger partial charge < -0.3 is 10.3 Å². The Kier molecular flexibility index (Phi) is 4.81. The molecule has 0 bridgehead atoms. The smallest absolute Gasteiger partial charge is 0.254 e. The van der Waals surface area contributed by atoms with Crippen molar-refractivity contribution in [2.45, 2.75) is 37.4 Å². The molecular formula is C17H19N3O2S. The molecule has 1 atom stereocenters. The van der Waals surface area contributed by atoms with Gasteiger partial charge in [0.25, 0.3) is 5.56 Å². The van der Waals surface area contributed by atoms with Crippen LogP contribution in [0.1, 0.15) is 36.2 Å². The van der Waals surface area contributed by atoms with E-state index in [9.17, 15) is 9.59 Å². The fourth-order valence-corrected chi connectivity index (χ4v) is 3.42. The summed E-state index contributed by atoms with van der Waals surface area (Å²) in [5.41, 5.74) is 2.69. The zero-order valence-electron chi connectivity index (χ0n) is 13.0. The molecule has 0 saturated heterocycles. The predicted octanol–water partition coefficient (Wildman–Crippen LogP) is 2.23. The first-order valence-corrected chi connectivity index (χ1v) is 8.71. The minimum Gasteiger partial charge on any atom is -0.349 e. The molecule has 0 saturated carbocycles. The number of hydrogen-bond acceptors (Lipinski definition) is 4. The number of nitrogens with zero attached hydrogens (tertiary/aromatic N) is 1. The number of benzene rings is 1. The van der Waals surface area contributed by atoms with Gasteiger partial charge in [-0.15, -0.1) is 0 Å². The third-order valence-corrected chi connectivity index (χ3v) is 4.81. The lowest BCUT2D eigenvalue weighted by Gasteiger charge is -2.14. The van der Waals surface area contributed by atoms with Gasteiger partial charge in [0.15, 0.2) is 5.16 Å². The fraction of sp³-hybridized carbons (Fsp3) is 0.353. The summed E-state index contributed by atoms with van der Waals surface area (Å²) in [6.45, 7) is 1.95. The summed E-state index contributed by atoms with van der Waals surface area (Å²) < 4.78 is 0. The van der Waals surface area contributed by atoms with Gasteiger partial charge in [0.05, 0.1) is 17.5 Å². The third kappa shape index (κ3) is 3.82. The Balaban J connectivity index is 1.57. The molecule has 0 fully saturated rings. The molecule has 23 heavy (non-hydrogen) atoms. The fourth-order valence-electron chi connectivity index (χ4n) is 2.73. The van der Waals surface area contributed by atoms with Crippen molar-refractivity contribution >= 4 is 17.7 Å². The summed E-state index contributed by atoms with van der Waals surface area (Å²) in [7, 11) is 0. The van der Waals surface area contributed by atoms with Crippen LogP contribution in [0.2, 0.25) is 0 Å². The Bertz CT molecular complexity index is 758. The summed E-state index contributed by atoms with van der Waals surface area (Å²) in [4.78, 5) is 31.2. The van der Waals surface area contributed by atoms with E-state index < -0.39 is 0 Å². The number of fused-ring (bicyclic) bond motifs is 1. The second-order valence-corrected chi connectivity index (χ2v) is 6.60. The lowest BCUT2D eigenvalue weighted by molar-refractivity contribution is -0.119. The van der Waals surface area contributed by atoms with E-state index in [0.717, 1.165) is 36.1 Å². The second kappa shape index (κ2) is 7.00. The predicted molar refractivity (Wildman–Crippen MR) is 90.6 cm³/mol. The molecule has 1 aromatic heterocycles. The number of rotatable bonds is 5. The van der Waals surface area contributed by atoms with Crippen molar-refractivity contribution in [3.05, 3.63) is 57.5 Å². The molecule has 1 aliphatic carbocycles. The number of thioether (sulfide) groups is 1. The molecule has 0 radical (unpaired) electrons. The molecule has 3 rings (SSSR count). The third-order valence-electron chi connectivity index (χ3n) is 3.94. The van der Waals surface area contributed by atoms with Crippen LogP contribution in [0.25, 0.3) is 0 Å². The highest BCUT2D eigenvalue weighted by molar-refractivity contribution is 7.99. The Hall–Kier alpha value is -2.08. The molecule has 2 aromatic rings. The number of amides is 1. The Morgan fingerprint density at radius 1 is 1.35 bits per heavy atom. The van der Waals surface area contributed by atoms with Gasteiger partial charge in [-0.1, -0.05) is 42.1 Å². The molecule has 0 aliphatic heterocycles. The summed E-state index contributed by atoms with van der Waals surface area (Å²) in [6.07, 6.45) is 2.64. The molecule has 6 heteroatoms. The van der Waals surface area contributed by atoms with Crippen molar-refractivity contribution in [3.63, 3.8) is 0 Å². The van der Waals surface area contributed by atoms with Crippen molar-refractivity contribution < 1.29 is 4.79 Å². The van der Waals surface area contributed by atoms with Crippen LogP contribution < -0.4 is 10.9 Å².